The third-order valence-electron chi connectivity index (χ3n) is 3.55. The van der Waals surface area contributed by atoms with E-state index in [1.54, 1.807) is 6.20 Å². The van der Waals surface area contributed by atoms with Crippen LogP contribution in [0, 0.1) is 5.92 Å². The van der Waals surface area contributed by atoms with Crippen LogP contribution in [0.5, 0.6) is 0 Å². The van der Waals surface area contributed by atoms with Crippen molar-refractivity contribution >= 4 is 23.2 Å². The number of allylic oxidation sites excluding steroid dienone is 1. The van der Waals surface area contributed by atoms with E-state index >= 15 is 0 Å². The van der Waals surface area contributed by atoms with Gasteiger partial charge in [0.05, 0.1) is 11.4 Å². The van der Waals surface area contributed by atoms with Gasteiger partial charge in [-0.2, -0.15) is 0 Å². The molecule has 5 nitrogen and oxygen atoms in total. The Hall–Kier alpha value is -2.01. The summed E-state index contributed by atoms with van der Waals surface area (Å²) in [6, 6.07) is 6.08. The van der Waals surface area contributed by atoms with Crippen molar-refractivity contribution in [2.75, 3.05) is 17.2 Å². The number of anilines is 2. The van der Waals surface area contributed by atoms with Crippen molar-refractivity contribution in [3.05, 3.63) is 30.0 Å². The summed E-state index contributed by atoms with van der Waals surface area (Å²) >= 11 is 0. The van der Waals surface area contributed by atoms with Crippen molar-refractivity contribution < 1.29 is 5.11 Å². The smallest absolute Gasteiger partial charge is 0.126 e. The van der Waals surface area contributed by atoms with Crippen LogP contribution in [0.4, 0.5) is 11.4 Å². The molecule has 0 saturated heterocycles. The van der Waals surface area contributed by atoms with Crippen molar-refractivity contribution in [3.8, 4) is 0 Å². The second kappa shape index (κ2) is 7.31. The zero-order chi connectivity index (χ0) is 16.1. The third-order valence-corrected chi connectivity index (χ3v) is 3.55. The molecular weight excluding hydrogens is 276 g/mol. The van der Waals surface area contributed by atoms with E-state index in [4.69, 9.17) is 5.73 Å². The molecule has 5 N–H and O–H groups in total. The SMILES string of the molecule is CC(C)CN=CC(=CN)c1cccc2c1N[C@H](C)CC(O)N2. The van der Waals surface area contributed by atoms with Crippen molar-refractivity contribution in [1.82, 2.24) is 0 Å². The molecule has 22 heavy (non-hydrogen) atoms. The van der Waals surface area contributed by atoms with E-state index in [1.807, 2.05) is 24.4 Å². The second-order valence-electron chi connectivity index (χ2n) is 6.18. The molecule has 0 aliphatic carbocycles. The van der Waals surface area contributed by atoms with Gasteiger partial charge in [-0.15, -0.1) is 0 Å². The second-order valence-corrected chi connectivity index (χ2v) is 6.18. The van der Waals surface area contributed by atoms with Crippen LogP contribution in [0.2, 0.25) is 0 Å². The van der Waals surface area contributed by atoms with E-state index in [0.29, 0.717) is 12.3 Å². The summed E-state index contributed by atoms with van der Waals surface area (Å²) in [4.78, 5) is 4.45. The van der Waals surface area contributed by atoms with Gasteiger partial charge in [0.2, 0.25) is 0 Å². The summed E-state index contributed by atoms with van der Waals surface area (Å²) < 4.78 is 0. The predicted molar refractivity (Wildman–Crippen MR) is 94.1 cm³/mol. The summed E-state index contributed by atoms with van der Waals surface area (Å²) in [7, 11) is 0. The van der Waals surface area contributed by atoms with Crippen LogP contribution in [0.15, 0.2) is 29.4 Å². The van der Waals surface area contributed by atoms with E-state index in [9.17, 15) is 5.11 Å². The molecule has 1 aromatic rings. The number of aliphatic hydroxyl groups excluding tert-OH is 1. The van der Waals surface area contributed by atoms with E-state index in [2.05, 4.69) is 36.4 Å². The van der Waals surface area contributed by atoms with E-state index < -0.39 is 6.23 Å². The quantitative estimate of drug-likeness (QED) is 0.644. The minimum Gasteiger partial charge on any atom is -0.404 e. The number of hydrogen-bond donors (Lipinski definition) is 4. The van der Waals surface area contributed by atoms with E-state index in [0.717, 1.165) is 29.1 Å². The molecule has 2 rings (SSSR count). The van der Waals surface area contributed by atoms with E-state index in [1.165, 1.54) is 0 Å². The Morgan fingerprint density at radius 2 is 2.23 bits per heavy atom. The lowest BCUT2D eigenvalue weighted by molar-refractivity contribution is 0.190. The summed E-state index contributed by atoms with van der Waals surface area (Å²) in [5.74, 6) is 0.512. The first-order valence-electron chi connectivity index (χ1n) is 7.77. The highest BCUT2D eigenvalue weighted by atomic mass is 16.3. The number of nitrogens with zero attached hydrogens (tertiary/aromatic N) is 1. The standard InChI is InChI=1S/C17H26N4O/c1-11(2)9-19-10-13(8-18)14-5-4-6-15-17(14)20-12(3)7-16(22)21-15/h4-6,8,10-12,16,20-22H,7,9,18H2,1-3H3/t12-,16?/m1/s1. The van der Waals surface area contributed by atoms with Crippen molar-refractivity contribution in [3.63, 3.8) is 0 Å². The fourth-order valence-electron chi connectivity index (χ4n) is 2.51. The molecule has 0 bridgehead atoms. The first-order chi connectivity index (χ1) is 10.5. The summed E-state index contributed by atoms with van der Waals surface area (Å²) in [5.41, 5.74) is 9.50. The minimum absolute atomic E-state index is 0.163. The Morgan fingerprint density at radius 3 is 2.91 bits per heavy atom. The first-order valence-corrected chi connectivity index (χ1v) is 7.77. The average Bonchev–Trinajstić information content (AvgIpc) is 2.59. The van der Waals surface area contributed by atoms with Gasteiger partial charge in [-0.05, 0) is 18.9 Å². The Labute approximate surface area is 132 Å². The molecule has 2 atom stereocenters. The monoisotopic (exact) mass is 302 g/mol. The number of benzene rings is 1. The lowest BCUT2D eigenvalue weighted by atomic mass is 10.0. The first kappa shape index (κ1) is 16.4. The number of fused-ring (bicyclic) bond motifs is 1. The number of rotatable bonds is 4. The maximum absolute atomic E-state index is 9.98. The van der Waals surface area contributed by atoms with Gasteiger partial charge < -0.3 is 21.5 Å². The highest BCUT2D eigenvalue weighted by Crippen LogP contribution is 2.34. The fourth-order valence-corrected chi connectivity index (χ4v) is 2.51. The molecule has 1 heterocycles. The highest BCUT2D eigenvalue weighted by molar-refractivity contribution is 6.12. The van der Waals surface area contributed by atoms with E-state index in [-0.39, 0.29) is 6.04 Å². The van der Waals surface area contributed by atoms with Gasteiger partial charge in [0.25, 0.3) is 0 Å². The molecule has 0 aromatic heterocycles. The number of nitrogens with one attached hydrogen (secondary N) is 2. The van der Waals surface area contributed by atoms with Crippen LogP contribution in [0.3, 0.4) is 0 Å². The average molecular weight is 302 g/mol. The topological polar surface area (TPSA) is 82.7 Å². The van der Waals surface area contributed by atoms with Gasteiger partial charge in [-0.3, -0.25) is 4.99 Å². The Morgan fingerprint density at radius 1 is 1.45 bits per heavy atom. The Bertz CT molecular complexity index is 566. The van der Waals surface area contributed by atoms with Crippen LogP contribution in [0.1, 0.15) is 32.8 Å². The Balaban J connectivity index is 2.35. The van der Waals surface area contributed by atoms with Crippen molar-refractivity contribution in [2.24, 2.45) is 16.6 Å². The minimum atomic E-state index is -0.557. The fraction of sp³-hybridized carbons (Fsp3) is 0.471. The summed E-state index contributed by atoms with van der Waals surface area (Å²) in [6.45, 7) is 7.08. The number of para-hydroxylation sites is 1. The molecule has 0 spiro atoms. The van der Waals surface area contributed by atoms with Crippen LogP contribution < -0.4 is 16.4 Å². The Kier molecular flexibility index (Phi) is 5.44. The summed E-state index contributed by atoms with van der Waals surface area (Å²) in [5, 5.41) is 16.6. The molecule has 1 unspecified atom stereocenters. The highest BCUT2D eigenvalue weighted by Gasteiger charge is 2.20. The van der Waals surface area contributed by atoms with Gasteiger partial charge in [0.1, 0.15) is 6.23 Å². The van der Waals surface area contributed by atoms with Gasteiger partial charge in [0, 0.05) is 42.6 Å². The van der Waals surface area contributed by atoms with Gasteiger partial charge in [-0.25, -0.2) is 0 Å². The maximum atomic E-state index is 9.98. The lowest BCUT2D eigenvalue weighted by Crippen LogP contribution is -2.23. The molecule has 0 fully saturated rings. The lowest BCUT2D eigenvalue weighted by Gasteiger charge is -2.17. The molecule has 5 heteroatoms. The van der Waals surface area contributed by atoms with Crippen LogP contribution in [-0.2, 0) is 0 Å². The molecule has 0 amide bonds. The molecule has 1 aromatic carbocycles. The zero-order valence-electron chi connectivity index (χ0n) is 13.5. The number of aliphatic hydroxyl groups is 1. The van der Waals surface area contributed by atoms with Gasteiger partial charge in [0.15, 0.2) is 0 Å². The molecule has 0 radical (unpaired) electrons. The van der Waals surface area contributed by atoms with Gasteiger partial charge >= 0.3 is 0 Å². The number of nitrogens with two attached hydrogens (primary N) is 1. The van der Waals surface area contributed by atoms with Crippen LogP contribution in [-0.4, -0.2) is 30.1 Å². The molecule has 0 saturated carbocycles. The van der Waals surface area contributed by atoms with Gasteiger partial charge in [-0.1, -0.05) is 26.0 Å². The summed E-state index contributed by atoms with van der Waals surface area (Å²) in [6.07, 6.45) is 3.48. The normalized spacial score (nSPS) is 22.1. The molecular formula is C17H26N4O. The third kappa shape index (κ3) is 4.01. The zero-order valence-corrected chi connectivity index (χ0v) is 13.5. The predicted octanol–water partition coefficient (Wildman–Crippen LogP) is 2.65. The van der Waals surface area contributed by atoms with Crippen molar-refractivity contribution in [1.29, 1.82) is 0 Å². The van der Waals surface area contributed by atoms with Crippen LogP contribution >= 0.6 is 0 Å². The number of aliphatic imine (C=N–C) groups is 1. The maximum Gasteiger partial charge on any atom is 0.126 e. The van der Waals surface area contributed by atoms with Crippen molar-refractivity contribution in [2.45, 2.75) is 39.5 Å². The largest absolute Gasteiger partial charge is 0.404 e. The molecule has 120 valence electrons. The number of hydrogen-bond acceptors (Lipinski definition) is 5. The van der Waals surface area contributed by atoms with Crippen LogP contribution in [0.25, 0.3) is 5.57 Å². The molecule has 1 aliphatic rings. The molecule has 1 aliphatic heterocycles.